The monoisotopic (exact) mass is 398 g/mol. The van der Waals surface area contributed by atoms with E-state index in [1.54, 1.807) is 24.3 Å². The second-order valence-corrected chi connectivity index (χ2v) is 6.04. The maximum Gasteiger partial charge on any atom is 0.276 e. The highest BCUT2D eigenvalue weighted by molar-refractivity contribution is 6.30. The van der Waals surface area contributed by atoms with Crippen LogP contribution in [-0.2, 0) is 4.79 Å². The Bertz CT molecular complexity index is 752. The fraction of sp³-hybridized carbons (Fsp3) is 0.312. The second kappa shape index (κ2) is 9.55. The van der Waals surface area contributed by atoms with Gasteiger partial charge >= 0.3 is 0 Å². The molecule has 146 valence electrons. The maximum absolute atomic E-state index is 11.9. The molecule has 0 unspecified atom stereocenters. The van der Waals surface area contributed by atoms with E-state index >= 15 is 0 Å². The van der Waals surface area contributed by atoms with Crippen molar-refractivity contribution in [3.63, 3.8) is 0 Å². The number of aliphatic hydroxyl groups is 5. The maximum atomic E-state index is 11.9. The average molecular weight is 399 g/mol. The Hall–Kier alpha value is -2.34. The van der Waals surface area contributed by atoms with Crippen molar-refractivity contribution in [2.24, 2.45) is 10.1 Å². The Morgan fingerprint density at radius 3 is 2.48 bits per heavy atom. The summed E-state index contributed by atoms with van der Waals surface area (Å²) in [6.45, 7) is -0.786. The Morgan fingerprint density at radius 2 is 1.85 bits per heavy atom. The molecule has 0 aromatic heterocycles. The molecule has 1 aliphatic heterocycles. The van der Waals surface area contributed by atoms with E-state index in [0.29, 0.717) is 10.6 Å². The van der Waals surface area contributed by atoms with Gasteiger partial charge in [0.1, 0.15) is 30.1 Å². The summed E-state index contributed by atoms with van der Waals surface area (Å²) in [5.41, 5.74) is 3.20. The molecule has 10 nitrogen and oxygen atoms in total. The molecule has 4 atom stereocenters. The van der Waals surface area contributed by atoms with E-state index in [2.05, 4.69) is 20.8 Å². The molecule has 1 aromatic rings. The zero-order valence-electron chi connectivity index (χ0n) is 13.9. The lowest BCUT2D eigenvalue weighted by atomic mass is 10.0. The molecule has 27 heavy (non-hydrogen) atoms. The summed E-state index contributed by atoms with van der Waals surface area (Å²) < 4.78 is 0. The number of hydrogen-bond acceptors (Lipinski definition) is 9. The molecule has 1 heterocycles. The zero-order valence-corrected chi connectivity index (χ0v) is 14.7. The van der Waals surface area contributed by atoms with Crippen molar-refractivity contribution in [3.05, 3.63) is 40.5 Å². The van der Waals surface area contributed by atoms with E-state index in [4.69, 9.17) is 16.7 Å². The summed E-state index contributed by atoms with van der Waals surface area (Å²) in [4.78, 5) is 15.9. The SMILES string of the molecule is O=C1NC(N/N=C/[C@H](O)[C@@H](O)[C@@H](O)[C@H](O)CO)=N/C1=C\c1ccc(Cl)cc1. The van der Waals surface area contributed by atoms with Gasteiger partial charge < -0.3 is 25.5 Å². The first-order valence-electron chi connectivity index (χ1n) is 7.81. The minimum atomic E-state index is -1.78. The van der Waals surface area contributed by atoms with Crippen LogP contribution in [0.15, 0.2) is 40.1 Å². The molecule has 0 saturated carbocycles. The van der Waals surface area contributed by atoms with Crippen LogP contribution in [0.25, 0.3) is 6.08 Å². The number of carbonyl (C=O) groups is 1. The molecule has 0 spiro atoms. The molecule has 1 amide bonds. The fourth-order valence-corrected chi connectivity index (χ4v) is 2.16. The summed E-state index contributed by atoms with van der Waals surface area (Å²) >= 11 is 5.80. The highest BCUT2D eigenvalue weighted by Gasteiger charge is 2.29. The van der Waals surface area contributed by atoms with Gasteiger partial charge in [0.2, 0.25) is 5.96 Å². The lowest BCUT2D eigenvalue weighted by Crippen LogP contribution is -2.46. The minimum Gasteiger partial charge on any atom is -0.394 e. The highest BCUT2D eigenvalue weighted by atomic mass is 35.5. The number of carbonyl (C=O) groups excluding carboxylic acids is 1. The minimum absolute atomic E-state index is 0.00547. The molecular weight excluding hydrogens is 380 g/mol. The number of nitrogens with zero attached hydrogens (tertiary/aromatic N) is 2. The van der Waals surface area contributed by atoms with E-state index in [1.165, 1.54) is 6.08 Å². The largest absolute Gasteiger partial charge is 0.394 e. The number of guanidine groups is 1. The van der Waals surface area contributed by atoms with Crippen LogP contribution in [0.1, 0.15) is 5.56 Å². The van der Waals surface area contributed by atoms with Crippen molar-refractivity contribution < 1.29 is 30.3 Å². The van der Waals surface area contributed by atoms with Crippen LogP contribution in [0.3, 0.4) is 0 Å². The number of amides is 1. The number of rotatable bonds is 7. The van der Waals surface area contributed by atoms with E-state index < -0.39 is 36.9 Å². The molecule has 11 heteroatoms. The van der Waals surface area contributed by atoms with Crippen LogP contribution in [0, 0.1) is 0 Å². The van der Waals surface area contributed by atoms with Crippen molar-refractivity contribution in [2.75, 3.05) is 6.61 Å². The van der Waals surface area contributed by atoms with E-state index in [1.807, 2.05) is 0 Å². The molecule has 1 aromatic carbocycles. The van der Waals surface area contributed by atoms with E-state index in [-0.39, 0.29) is 11.7 Å². The van der Waals surface area contributed by atoms with Gasteiger partial charge in [0.15, 0.2) is 0 Å². The Labute approximate surface area is 159 Å². The number of halogens is 1. The van der Waals surface area contributed by atoms with Gasteiger partial charge in [-0.05, 0) is 23.8 Å². The lowest BCUT2D eigenvalue weighted by molar-refractivity contribution is -0.115. The van der Waals surface area contributed by atoms with E-state index in [9.17, 15) is 25.2 Å². The van der Waals surface area contributed by atoms with Gasteiger partial charge in [0, 0.05) is 5.02 Å². The quantitative estimate of drug-likeness (QED) is 0.161. The Balaban J connectivity index is 1.96. The molecule has 0 fully saturated rings. The number of aliphatic imine (C=N–C) groups is 1. The zero-order chi connectivity index (χ0) is 20.0. The first-order valence-corrected chi connectivity index (χ1v) is 8.19. The first-order chi connectivity index (χ1) is 12.8. The van der Waals surface area contributed by atoms with Crippen LogP contribution in [0.5, 0.6) is 0 Å². The summed E-state index contributed by atoms with van der Waals surface area (Å²) in [5.74, 6) is -0.473. The number of hydrogen-bond donors (Lipinski definition) is 7. The molecule has 0 saturated heterocycles. The lowest BCUT2D eigenvalue weighted by Gasteiger charge is -2.23. The summed E-state index contributed by atoms with van der Waals surface area (Å²) in [6.07, 6.45) is -4.43. The van der Waals surface area contributed by atoms with Crippen molar-refractivity contribution in [1.82, 2.24) is 10.7 Å². The van der Waals surface area contributed by atoms with Gasteiger partial charge in [-0.25, -0.2) is 10.4 Å². The predicted molar refractivity (Wildman–Crippen MR) is 97.7 cm³/mol. The van der Waals surface area contributed by atoms with Crippen molar-refractivity contribution >= 4 is 35.8 Å². The van der Waals surface area contributed by atoms with Crippen LogP contribution >= 0.6 is 11.6 Å². The van der Waals surface area contributed by atoms with Gasteiger partial charge in [-0.2, -0.15) is 5.10 Å². The van der Waals surface area contributed by atoms with Crippen molar-refractivity contribution in [2.45, 2.75) is 24.4 Å². The average Bonchev–Trinajstić information content (AvgIpc) is 3.00. The van der Waals surface area contributed by atoms with E-state index in [0.717, 1.165) is 6.21 Å². The van der Waals surface area contributed by atoms with Gasteiger partial charge in [-0.1, -0.05) is 23.7 Å². The normalized spacial score (nSPS) is 20.3. The smallest absolute Gasteiger partial charge is 0.276 e. The summed E-state index contributed by atoms with van der Waals surface area (Å²) in [7, 11) is 0. The Kier molecular flexibility index (Phi) is 7.42. The van der Waals surface area contributed by atoms with Gasteiger partial charge in [-0.15, -0.1) is 0 Å². The molecule has 1 aliphatic rings. The third-order valence-corrected chi connectivity index (χ3v) is 3.80. The van der Waals surface area contributed by atoms with Crippen molar-refractivity contribution in [1.29, 1.82) is 0 Å². The third-order valence-electron chi connectivity index (χ3n) is 3.55. The summed E-state index contributed by atoms with van der Waals surface area (Å²) in [6, 6.07) is 6.77. The van der Waals surface area contributed by atoms with Gasteiger partial charge in [0.25, 0.3) is 5.91 Å². The molecule has 7 N–H and O–H groups in total. The third kappa shape index (κ3) is 5.82. The van der Waals surface area contributed by atoms with Crippen molar-refractivity contribution in [3.8, 4) is 0 Å². The first kappa shape index (κ1) is 21.0. The number of hydrazone groups is 1. The second-order valence-electron chi connectivity index (χ2n) is 5.61. The van der Waals surface area contributed by atoms with Crippen LogP contribution in [-0.4, -0.2) is 74.6 Å². The van der Waals surface area contributed by atoms with Crippen LogP contribution in [0.4, 0.5) is 0 Å². The van der Waals surface area contributed by atoms with Crippen LogP contribution in [0.2, 0.25) is 5.02 Å². The molecular formula is C16H19ClN4O6. The molecule has 2 rings (SSSR count). The summed E-state index contributed by atoms with van der Waals surface area (Å²) in [5, 5.41) is 53.3. The molecule has 0 radical (unpaired) electrons. The fourth-order valence-electron chi connectivity index (χ4n) is 2.04. The number of benzene rings is 1. The molecule has 0 aliphatic carbocycles. The predicted octanol–water partition coefficient (Wildman–Crippen LogP) is -1.82. The topological polar surface area (TPSA) is 167 Å². The Morgan fingerprint density at radius 1 is 1.19 bits per heavy atom. The highest BCUT2D eigenvalue weighted by Crippen LogP contribution is 2.14. The standard InChI is InChI=1S/C16H19ClN4O6/c17-9-3-1-8(2-4-9)5-10-15(27)20-16(19-10)21-18-6-11(23)13(25)14(26)12(24)7-22/h1-6,11-14,22-26H,7H2,(H2,19,20,21,27)/b10-5-,18-6+/t11-,12+,13+,14-/m0/s1. The van der Waals surface area contributed by atoms with Crippen LogP contribution < -0.4 is 10.7 Å². The number of nitrogens with one attached hydrogen (secondary N) is 2. The van der Waals surface area contributed by atoms with Gasteiger partial charge in [-0.3, -0.25) is 10.1 Å². The molecule has 0 bridgehead atoms. The number of aliphatic hydroxyl groups excluding tert-OH is 5. The van der Waals surface area contributed by atoms with Gasteiger partial charge in [0.05, 0.1) is 12.8 Å².